The highest BCUT2D eigenvalue weighted by Gasteiger charge is 2.31. The Morgan fingerprint density at radius 2 is 1.12 bits per heavy atom. The number of rotatable bonds is 2. The fourth-order valence-electron chi connectivity index (χ4n) is 3.36. The van der Waals surface area contributed by atoms with E-state index in [0.717, 1.165) is 11.1 Å². The lowest BCUT2D eigenvalue weighted by Crippen LogP contribution is -2.41. The van der Waals surface area contributed by atoms with Gasteiger partial charge >= 0.3 is 0 Å². The van der Waals surface area contributed by atoms with Crippen molar-refractivity contribution in [3.05, 3.63) is 108 Å². The second-order valence-corrected chi connectivity index (χ2v) is 6.43. The number of fused-ring (bicyclic) bond motifs is 1. The molecule has 0 amide bonds. The number of nitrogens with two attached hydrogens (primary N) is 2. The molecule has 0 atom stereocenters. The molecule has 4 rings (SSSR count). The molecule has 1 aliphatic carbocycles. The molecule has 24 heavy (non-hydrogen) atoms. The first-order valence-electron chi connectivity index (χ1n) is 8.13. The third kappa shape index (κ3) is 2.37. The molecule has 3 aromatic carbocycles. The first-order chi connectivity index (χ1) is 11.6. The summed E-state index contributed by atoms with van der Waals surface area (Å²) in [7, 11) is 0. The second-order valence-electron chi connectivity index (χ2n) is 6.43. The van der Waals surface area contributed by atoms with Crippen molar-refractivity contribution in [2.75, 3.05) is 0 Å². The van der Waals surface area contributed by atoms with E-state index in [0.29, 0.717) is 0 Å². The molecule has 0 heterocycles. The summed E-state index contributed by atoms with van der Waals surface area (Å²) in [5.41, 5.74) is 14.1. The van der Waals surface area contributed by atoms with Crippen molar-refractivity contribution in [2.24, 2.45) is 11.5 Å². The third-order valence-electron chi connectivity index (χ3n) is 4.80. The van der Waals surface area contributed by atoms with Crippen LogP contribution in [0.15, 0.2) is 97.1 Å². The molecule has 2 heteroatoms. The van der Waals surface area contributed by atoms with Crippen LogP contribution in [-0.2, 0) is 11.1 Å². The summed E-state index contributed by atoms with van der Waals surface area (Å²) < 4.78 is 0. The zero-order valence-corrected chi connectivity index (χ0v) is 13.4. The summed E-state index contributed by atoms with van der Waals surface area (Å²) in [5, 5.41) is 2.36. The van der Waals surface area contributed by atoms with Crippen molar-refractivity contribution in [3.63, 3.8) is 0 Å². The molecule has 0 aliphatic heterocycles. The third-order valence-corrected chi connectivity index (χ3v) is 4.80. The van der Waals surface area contributed by atoms with Crippen LogP contribution in [0.25, 0.3) is 10.8 Å². The predicted octanol–water partition coefficient (Wildman–Crippen LogP) is 3.97. The maximum Gasteiger partial charge on any atom is 0.0790 e. The Morgan fingerprint density at radius 3 is 1.88 bits per heavy atom. The monoisotopic (exact) mass is 312 g/mol. The van der Waals surface area contributed by atoms with Gasteiger partial charge in [0.15, 0.2) is 0 Å². The lowest BCUT2D eigenvalue weighted by molar-refractivity contribution is 0.627. The lowest BCUT2D eigenvalue weighted by Gasteiger charge is -2.33. The first-order valence-corrected chi connectivity index (χ1v) is 8.13. The highest BCUT2D eigenvalue weighted by atomic mass is 14.8. The van der Waals surface area contributed by atoms with Gasteiger partial charge in [-0.05, 0) is 21.9 Å². The van der Waals surface area contributed by atoms with Crippen molar-refractivity contribution >= 4 is 10.8 Å². The number of benzene rings is 3. The molecule has 0 saturated heterocycles. The van der Waals surface area contributed by atoms with Gasteiger partial charge in [0.25, 0.3) is 0 Å². The molecule has 1 aliphatic rings. The molecule has 0 spiro atoms. The van der Waals surface area contributed by atoms with Crippen molar-refractivity contribution in [3.8, 4) is 0 Å². The van der Waals surface area contributed by atoms with Crippen LogP contribution >= 0.6 is 0 Å². The Labute approximate surface area is 142 Å². The molecule has 4 N–H and O–H groups in total. The van der Waals surface area contributed by atoms with Crippen LogP contribution < -0.4 is 11.5 Å². The Kier molecular flexibility index (Phi) is 3.38. The highest BCUT2D eigenvalue weighted by molar-refractivity contribution is 5.87. The summed E-state index contributed by atoms with van der Waals surface area (Å²) in [6, 6.07) is 24.6. The molecule has 0 radical (unpaired) electrons. The predicted molar refractivity (Wildman–Crippen MR) is 100 cm³/mol. The molecule has 0 saturated carbocycles. The van der Waals surface area contributed by atoms with Gasteiger partial charge in [-0.2, -0.15) is 0 Å². The fraction of sp³-hybridized carbons (Fsp3) is 0.0909. The second kappa shape index (κ2) is 5.45. The fourth-order valence-corrected chi connectivity index (χ4v) is 3.36. The highest BCUT2D eigenvalue weighted by Crippen LogP contribution is 2.35. The van der Waals surface area contributed by atoms with Gasteiger partial charge in [-0.25, -0.2) is 0 Å². The topological polar surface area (TPSA) is 52.0 Å². The maximum atomic E-state index is 6.72. The lowest BCUT2D eigenvalue weighted by atomic mass is 9.77. The molecule has 0 aromatic heterocycles. The quantitative estimate of drug-likeness (QED) is 0.703. The van der Waals surface area contributed by atoms with E-state index in [9.17, 15) is 0 Å². The molecule has 0 bridgehead atoms. The zero-order chi connectivity index (χ0) is 16.6. The summed E-state index contributed by atoms with van der Waals surface area (Å²) in [6.45, 7) is 0. The average molecular weight is 312 g/mol. The minimum Gasteiger partial charge on any atom is -0.315 e. The summed E-state index contributed by atoms with van der Waals surface area (Å²) in [4.78, 5) is 0. The van der Waals surface area contributed by atoms with Crippen molar-refractivity contribution in [2.45, 2.75) is 11.1 Å². The van der Waals surface area contributed by atoms with Crippen LogP contribution in [0.4, 0.5) is 0 Å². The SMILES string of the molecule is NC1(c2ccccc2)C=CC(N)(c2cccc3ccccc23)C=C1. The molecule has 118 valence electrons. The van der Waals surface area contributed by atoms with Gasteiger partial charge < -0.3 is 11.5 Å². The normalized spacial score (nSPS) is 25.9. The van der Waals surface area contributed by atoms with E-state index in [4.69, 9.17) is 11.5 Å². The van der Waals surface area contributed by atoms with E-state index in [2.05, 4.69) is 30.3 Å². The van der Waals surface area contributed by atoms with Crippen LogP contribution in [-0.4, -0.2) is 0 Å². The van der Waals surface area contributed by atoms with E-state index in [1.807, 2.05) is 66.8 Å². The van der Waals surface area contributed by atoms with Crippen molar-refractivity contribution in [1.82, 2.24) is 0 Å². The standard InChI is InChI=1S/C22H20N2/c23-21(18-9-2-1-3-10-18)13-15-22(24,16-14-21)20-12-6-8-17-7-4-5-11-19(17)20/h1-16H,23-24H2. The molecular formula is C22H20N2. The van der Waals surface area contributed by atoms with Crippen LogP contribution in [0.3, 0.4) is 0 Å². The van der Waals surface area contributed by atoms with Crippen LogP contribution in [0.2, 0.25) is 0 Å². The Bertz CT molecular complexity index is 919. The summed E-state index contributed by atoms with van der Waals surface area (Å²) in [5.74, 6) is 0. The van der Waals surface area contributed by atoms with Gasteiger partial charge in [-0.1, -0.05) is 97.1 Å². The smallest absolute Gasteiger partial charge is 0.0790 e. The van der Waals surface area contributed by atoms with Gasteiger partial charge in [0.05, 0.1) is 11.1 Å². The Hall–Kier alpha value is -2.68. The summed E-state index contributed by atoms with van der Waals surface area (Å²) in [6.07, 6.45) is 8.04. The van der Waals surface area contributed by atoms with Gasteiger partial charge in [-0.15, -0.1) is 0 Å². The van der Waals surface area contributed by atoms with E-state index in [1.54, 1.807) is 0 Å². The summed E-state index contributed by atoms with van der Waals surface area (Å²) >= 11 is 0. The zero-order valence-electron chi connectivity index (χ0n) is 13.4. The van der Waals surface area contributed by atoms with E-state index >= 15 is 0 Å². The van der Waals surface area contributed by atoms with Gasteiger partial charge in [-0.3, -0.25) is 0 Å². The van der Waals surface area contributed by atoms with Crippen LogP contribution in [0.5, 0.6) is 0 Å². The number of hydrogen-bond donors (Lipinski definition) is 2. The average Bonchev–Trinajstić information content (AvgIpc) is 2.65. The number of hydrogen-bond acceptors (Lipinski definition) is 2. The van der Waals surface area contributed by atoms with E-state index in [-0.39, 0.29) is 0 Å². The Balaban J connectivity index is 1.78. The molecule has 2 nitrogen and oxygen atoms in total. The van der Waals surface area contributed by atoms with E-state index in [1.165, 1.54) is 10.8 Å². The Morgan fingerprint density at radius 1 is 0.542 bits per heavy atom. The molecule has 3 aromatic rings. The van der Waals surface area contributed by atoms with Crippen LogP contribution in [0, 0.1) is 0 Å². The van der Waals surface area contributed by atoms with Gasteiger partial charge in [0.1, 0.15) is 0 Å². The first kappa shape index (κ1) is 14.9. The molecule has 0 unspecified atom stereocenters. The van der Waals surface area contributed by atoms with Crippen molar-refractivity contribution in [1.29, 1.82) is 0 Å². The molecular weight excluding hydrogens is 292 g/mol. The minimum atomic E-state index is -0.654. The van der Waals surface area contributed by atoms with Gasteiger partial charge in [0, 0.05) is 0 Å². The molecule has 0 fully saturated rings. The van der Waals surface area contributed by atoms with Crippen LogP contribution in [0.1, 0.15) is 11.1 Å². The van der Waals surface area contributed by atoms with Crippen molar-refractivity contribution < 1.29 is 0 Å². The van der Waals surface area contributed by atoms with Gasteiger partial charge in [0.2, 0.25) is 0 Å². The minimum absolute atomic E-state index is 0.616. The largest absolute Gasteiger partial charge is 0.315 e. The maximum absolute atomic E-state index is 6.72. The van der Waals surface area contributed by atoms with E-state index < -0.39 is 11.1 Å².